The Morgan fingerprint density at radius 2 is 2.11 bits per heavy atom. The van der Waals surface area contributed by atoms with E-state index in [4.69, 9.17) is 0 Å². The molecular formula is C18H19F4N5O. The van der Waals surface area contributed by atoms with Gasteiger partial charge in [-0.05, 0) is 60.7 Å². The molecule has 150 valence electrons. The van der Waals surface area contributed by atoms with Gasteiger partial charge in [-0.15, -0.1) is 10.2 Å². The Labute approximate surface area is 158 Å². The molecule has 0 saturated carbocycles. The van der Waals surface area contributed by atoms with Crippen molar-refractivity contribution in [3.63, 3.8) is 0 Å². The molecule has 1 aliphatic rings. The quantitative estimate of drug-likeness (QED) is 0.451. The third-order valence-corrected chi connectivity index (χ3v) is 4.45. The molecule has 2 aromatic rings. The average Bonchev–Trinajstić information content (AvgIpc) is 3.04. The molecule has 0 radical (unpaired) electrons. The molecule has 6 nitrogen and oxygen atoms in total. The number of halogens is 4. The summed E-state index contributed by atoms with van der Waals surface area (Å²) in [5.74, 6) is -0.119. The van der Waals surface area contributed by atoms with Crippen molar-refractivity contribution in [1.82, 2.24) is 25.1 Å². The van der Waals surface area contributed by atoms with Gasteiger partial charge in [0.2, 0.25) is 5.91 Å². The number of aromatic nitrogens is 4. The summed E-state index contributed by atoms with van der Waals surface area (Å²) in [5, 5.41) is 11.4. The lowest BCUT2D eigenvalue weighted by molar-refractivity contribution is -0.137. The van der Waals surface area contributed by atoms with Gasteiger partial charge in [-0.1, -0.05) is 6.07 Å². The van der Waals surface area contributed by atoms with Crippen LogP contribution in [0.2, 0.25) is 0 Å². The fourth-order valence-corrected chi connectivity index (χ4v) is 3.02. The Hall–Kier alpha value is -2.78. The minimum atomic E-state index is -4.51. The summed E-state index contributed by atoms with van der Waals surface area (Å²) in [5.41, 5.74) is -0.155. The Kier molecular flexibility index (Phi) is 5.76. The van der Waals surface area contributed by atoms with E-state index in [0.29, 0.717) is 24.4 Å². The Balaban J connectivity index is 1.87. The molecule has 1 atom stereocenters. The minimum Gasteiger partial charge on any atom is -0.309 e. The van der Waals surface area contributed by atoms with Crippen LogP contribution in [-0.4, -0.2) is 43.9 Å². The topological polar surface area (TPSA) is 63.9 Å². The van der Waals surface area contributed by atoms with Crippen molar-refractivity contribution in [3.8, 4) is 0 Å². The van der Waals surface area contributed by atoms with Crippen LogP contribution in [-0.2, 0) is 17.5 Å². The van der Waals surface area contributed by atoms with Crippen LogP contribution in [0, 0.1) is 6.92 Å². The van der Waals surface area contributed by atoms with E-state index in [2.05, 4.69) is 15.4 Å². The maximum absolute atomic E-state index is 13.9. The highest BCUT2D eigenvalue weighted by Crippen LogP contribution is 2.31. The number of rotatable bonds is 4. The number of hydrogen-bond acceptors (Lipinski definition) is 4. The van der Waals surface area contributed by atoms with Gasteiger partial charge in [-0.2, -0.15) is 18.0 Å². The van der Waals surface area contributed by atoms with Crippen molar-refractivity contribution in [3.05, 3.63) is 46.8 Å². The van der Waals surface area contributed by atoms with Crippen molar-refractivity contribution in [2.45, 2.75) is 45.2 Å². The Morgan fingerprint density at radius 3 is 2.75 bits per heavy atom. The van der Waals surface area contributed by atoms with Crippen LogP contribution in [0.25, 0.3) is 6.08 Å². The van der Waals surface area contributed by atoms with Crippen molar-refractivity contribution in [1.29, 1.82) is 0 Å². The molecule has 1 fully saturated rings. The van der Waals surface area contributed by atoms with Gasteiger partial charge in [-0.25, -0.2) is 4.39 Å². The van der Waals surface area contributed by atoms with E-state index < -0.39 is 23.9 Å². The van der Waals surface area contributed by atoms with Gasteiger partial charge in [0.15, 0.2) is 12.1 Å². The molecule has 1 aliphatic heterocycles. The highest BCUT2D eigenvalue weighted by atomic mass is 19.4. The number of carbonyl (C=O) groups is 1. The first-order valence-electron chi connectivity index (χ1n) is 8.81. The van der Waals surface area contributed by atoms with Crippen molar-refractivity contribution >= 4 is 12.0 Å². The molecule has 0 aliphatic carbocycles. The Morgan fingerprint density at radius 1 is 1.32 bits per heavy atom. The molecule has 10 heteroatoms. The van der Waals surface area contributed by atoms with E-state index in [1.807, 2.05) is 0 Å². The molecule has 1 amide bonds. The number of aryl methyl sites for hydroxylation is 1. The zero-order valence-corrected chi connectivity index (χ0v) is 15.2. The number of tetrazole rings is 1. The molecule has 1 saturated heterocycles. The lowest BCUT2D eigenvalue weighted by atomic mass is 10.0. The van der Waals surface area contributed by atoms with Gasteiger partial charge >= 0.3 is 6.18 Å². The third-order valence-electron chi connectivity index (χ3n) is 4.45. The highest BCUT2D eigenvalue weighted by molar-refractivity contribution is 5.92. The van der Waals surface area contributed by atoms with Gasteiger partial charge in [0.1, 0.15) is 0 Å². The van der Waals surface area contributed by atoms with E-state index in [1.54, 1.807) is 6.92 Å². The highest BCUT2D eigenvalue weighted by Gasteiger charge is 2.31. The zero-order chi connectivity index (χ0) is 20.3. The predicted molar refractivity (Wildman–Crippen MR) is 92.6 cm³/mol. The van der Waals surface area contributed by atoms with Crippen LogP contribution in [0.3, 0.4) is 0 Å². The molecule has 0 bridgehead atoms. The van der Waals surface area contributed by atoms with Crippen LogP contribution < -0.4 is 0 Å². The molecule has 0 spiro atoms. The van der Waals surface area contributed by atoms with E-state index in [1.165, 1.54) is 23.0 Å². The number of piperidine rings is 1. The lowest BCUT2D eigenvalue weighted by Crippen LogP contribution is -2.40. The molecule has 3 rings (SSSR count). The summed E-state index contributed by atoms with van der Waals surface area (Å²) in [6, 6.07) is 3.20. The van der Waals surface area contributed by atoms with Crippen molar-refractivity contribution in [2.75, 3.05) is 6.54 Å². The molecule has 1 aromatic heterocycles. The van der Waals surface area contributed by atoms with Gasteiger partial charge in [-0.3, -0.25) is 4.79 Å². The summed E-state index contributed by atoms with van der Waals surface area (Å²) < 4.78 is 53.1. The van der Waals surface area contributed by atoms with Crippen LogP contribution in [0.1, 0.15) is 41.8 Å². The number of carbonyl (C=O) groups excluding carboxylic acids is 1. The maximum Gasteiger partial charge on any atom is 0.416 e. The zero-order valence-electron chi connectivity index (χ0n) is 15.2. The van der Waals surface area contributed by atoms with Gasteiger partial charge < -0.3 is 4.90 Å². The molecule has 28 heavy (non-hydrogen) atoms. The maximum atomic E-state index is 13.9. The van der Waals surface area contributed by atoms with E-state index in [9.17, 15) is 22.4 Å². The first-order chi connectivity index (χ1) is 13.2. The summed E-state index contributed by atoms with van der Waals surface area (Å²) in [6.45, 7) is 1.89. The van der Waals surface area contributed by atoms with E-state index in [-0.39, 0.29) is 12.1 Å². The smallest absolute Gasteiger partial charge is 0.309 e. The second-order valence-electron chi connectivity index (χ2n) is 6.57. The first kappa shape index (κ1) is 20.0. The van der Waals surface area contributed by atoms with Gasteiger partial charge in [0.05, 0.1) is 12.1 Å². The predicted octanol–water partition coefficient (Wildman–Crippen LogP) is 3.37. The van der Waals surface area contributed by atoms with Crippen LogP contribution in [0.4, 0.5) is 17.6 Å². The largest absolute Gasteiger partial charge is 0.416 e. The molecule has 2 heterocycles. The van der Waals surface area contributed by atoms with Crippen molar-refractivity contribution < 1.29 is 22.4 Å². The average molecular weight is 397 g/mol. The SMILES string of the molecule is Cc1nnn(Cc2cc(C(F)(F)F)ccc2/C=C/C(=O)N2CCCCC2F)n1. The van der Waals surface area contributed by atoms with E-state index in [0.717, 1.165) is 29.9 Å². The standard InChI is InChI=1S/C18H19F4N5O/c1-12-23-25-27(24-12)11-14-10-15(18(20,21)22)7-5-13(14)6-8-17(28)26-9-3-2-4-16(26)19/h5-8,10,16H,2-4,9,11H2,1H3/b8-6+. The Bertz CT molecular complexity index is 877. The number of alkyl halides is 4. The van der Waals surface area contributed by atoms with Gasteiger partial charge in [0, 0.05) is 12.6 Å². The normalized spacial score (nSPS) is 18.0. The number of hydrogen-bond donors (Lipinski definition) is 0. The molecule has 0 N–H and O–H groups in total. The lowest BCUT2D eigenvalue weighted by Gasteiger charge is -2.29. The van der Waals surface area contributed by atoms with Crippen molar-refractivity contribution in [2.24, 2.45) is 0 Å². The van der Waals surface area contributed by atoms with Gasteiger partial charge in [0.25, 0.3) is 0 Å². The number of likely N-dealkylation sites (tertiary alicyclic amines) is 1. The summed E-state index contributed by atoms with van der Waals surface area (Å²) in [4.78, 5) is 14.6. The van der Waals surface area contributed by atoms with Crippen LogP contribution >= 0.6 is 0 Å². The second kappa shape index (κ2) is 8.07. The van der Waals surface area contributed by atoms with Crippen LogP contribution in [0.5, 0.6) is 0 Å². The third kappa shape index (κ3) is 4.73. The summed E-state index contributed by atoms with van der Waals surface area (Å²) in [6.07, 6.45) is -1.52. The van der Waals surface area contributed by atoms with Crippen LogP contribution in [0.15, 0.2) is 24.3 Å². The first-order valence-corrected chi connectivity index (χ1v) is 8.81. The number of amides is 1. The summed E-state index contributed by atoms with van der Waals surface area (Å²) >= 11 is 0. The fraction of sp³-hybridized carbons (Fsp3) is 0.444. The summed E-state index contributed by atoms with van der Waals surface area (Å²) in [7, 11) is 0. The number of nitrogens with zero attached hydrogens (tertiary/aromatic N) is 5. The molecule has 1 aromatic carbocycles. The molecule has 1 unspecified atom stereocenters. The number of benzene rings is 1. The monoisotopic (exact) mass is 397 g/mol. The second-order valence-corrected chi connectivity index (χ2v) is 6.57. The molecular weight excluding hydrogens is 378 g/mol. The fourth-order valence-electron chi connectivity index (χ4n) is 3.02. The minimum absolute atomic E-state index is 0.0475. The van der Waals surface area contributed by atoms with E-state index >= 15 is 0 Å².